The molecule has 1 heterocycles. The molecule has 0 spiro atoms. The number of aliphatic hydroxyl groups is 2. The Morgan fingerprint density at radius 1 is 1.21 bits per heavy atom. The summed E-state index contributed by atoms with van der Waals surface area (Å²) in [7, 11) is 1.55. The number of carbonyl (C=O) groups is 1. The van der Waals surface area contributed by atoms with Crippen molar-refractivity contribution in [2.45, 2.75) is 32.0 Å². The topological polar surface area (TPSA) is 101 Å². The highest BCUT2D eigenvalue weighted by Crippen LogP contribution is 2.38. The van der Waals surface area contributed by atoms with E-state index in [0.29, 0.717) is 30.0 Å². The molecule has 3 N–H and O–H groups in total. The number of hydrogen-bond acceptors (Lipinski definition) is 6. The zero-order valence-corrected chi connectivity index (χ0v) is 16.1. The van der Waals surface area contributed by atoms with Crippen LogP contribution >= 0.6 is 0 Å². The largest absolute Gasteiger partial charge is 0.497 e. The summed E-state index contributed by atoms with van der Waals surface area (Å²) in [4.78, 5) is 16.9. The number of aryl methyl sites for hydroxylation is 1. The van der Waals surface area contributed by atoms with E-state index < -0.39 is 17.6 Å². The number of benzene rings is 1. The standard InChI is InChI=1S/C21H26N2O5/c1-14-5-3-8-19(23-14)28-13-21(10-17(24)18(25)11-21)12-22-20(26)15-6-4-7-16(9-15)27-2/h3-9,17-18,24-25H,10-13H2,1-2H3,(H,22,26). The Morgan fingerprint density at radius 3 is 2.61 bits per heavy atom. The van der Waals surface area contributed by atoms with E-state index in [4.69, 9.17) is 9.47 Å². The minimum atomic E-state index is -0.845. The molecule has 2 atom stereocenters. The van der Waals surface area contributed by atoms with Crippen molar-refractivity contribution < 1.29 is 24.5 Å². The Bertz CT molecular complexity index is 816. The lowest BCUT2D eigenvalue weighted by Gasteiger charge is -2.29. The SMILES string of the molecule is COc1cccc(C(=O)NCC2(COc3cccc(C)n3)CC(O)C(O)C2)c1. The third kappa shape index (κ3) is 4.79. The molecule has 0 aliphatic heterocycles. The minimum Gasteiger partial charge on any atom is -0.497 e. The molecule has 7 heteroatoms. The fourth-order valence-electron chi connectivity index (χ4n) is 3.52. The molecule has 150 valence electrons. The van der Waals surface area contributed by atoms with Crippen LogP contribution in [0.5, 0.6) is 11.6 Å². The maximum Gasteiger partial charge on any atom is 0.251 e. The van der Waals surface area contributed by atoms with Gasteiger partial charge >= 0.3 is 0 Å². The summed E-state index contributed by atoms with van der Waals surface area (Å²) in [5.41, 5.74) is 0.734. The number of ether oxygens (including phenoxy) is 2. The number of aromatic nitrogens is 1. The Labute approximate surface area is 164 Å². The zero-order chi connectivity index (χ0) is 20.1. The molecule has 1 aliphatic rings. The third-order valence-corrected chi connectivity index (χ3v) is 5.07. The van der Waals surface area contributed by atoms with E-state index in [2.05, 4.69) is 10.3 Å². The van der Waals surface area contributed by atoms with Crippen molar-refractivity contribution >= 4 is 5.91 Å². The van der Waals surface area contributed by atoms with Crippen LogP contribution < -0.4 is 14.8 Å². The first-order valence-electron chi connectivity index (χ1n) is 9.26. The predicted octanol–water partition coefficient (Wildman–Crippen LogP) is 1.71. The summed E-state index contributed by atoms with van der Waals surface area (Å²) < 4.78 is 11.0. The van der Waals surface area contributed by atoms with Crippen LogP contribution in [0.1, 0.15) is 28.9 Å². The van der Waals surface area contributed by atoms with Gasteiger partial charge in [-0.3, -0.25) is 4.79 Å². The number of pyridine rings is 1. The first kappa shape index (κ1) is 20.1. The van der Waals surface area contributed by atoms with Gasteiger partial charge in [-0.15, -0.1) is 0 Å². The number of rotatable bonds is 7. The van der Waals surface area contributed by atoms with Crippen LogP contribution in [-0.2, 0) is 0 Å². The molecule has 1 saturated carbocycles. The average Bonchev–Trinajstić information content (AvgIpc) is 2.99. The summed E-state index contributed by atoms with van der Waals surface area (Å²) in [6, 6.07) is 12.4. The van der Waals surface area contributed by atoms with E-state index in [1.807, 2.05) is 19.1 Å². The highest BCUT2D eigenvalue weighted by Gasteiger charge is 2.45. The van der Waals surface area contributed by atoms with E-state index in [1.54, 1.807) is 37.4 Å². The highest BCUT2D eigenvalue weighted by atomic mass is 16.5. The lowest BCUT2D eigenvalue weighted by Crippen LogP contribution is -2.40. The second-order valence-electron chi connectivity index (χ2n) is 7.36. The summed E-state index contributed by atoms with van der Waals surface area (Å²) in [5, 5.41) is 23.1. The van der Waals surface area contributed by atoms with Gasteiger partial charge < -0.3 is 25.0 Å². The molecule has 0 bridgehead atoms. The zero-order valence-electron chi connectivity index (χ0n) is 16.1. The number of hydrogen-bond donors (Lipinski definition) is 3. The van der Waals surface area contributed by atoms with Crippen molar-refractivity contribution in [1.82, 2.24) is 10.3 Å². The fraction of sp³-hybridized carbons (Fsp3) is 0.429. The smallest absolute Gasteiger partial charge is 0.251 e. The van der Waals surface area contributed by atoms with Crippen molar-refractivity contribution in [2.75, 3.05) is 20.3 Å². The van der Waals surface area contributed by atoms with Crippen molar-refractivity contribution in [2.24, 2.45) is 5.41 Å². The van der Waals surface area contributed by atoms with Crippen LogP contribution in [0.25, 0.3) is 0 Å². The molecule has 1 fully saturated rings. The molecule has 1 aliphatic carbocycles. The Hall–Kier alpha value is -2.64. The Kier molecular flexibility index (Phi) is 6.16. The number of amides is 1. The second kappa shape index (κ2) is 8.58. The van der Waals surface area contributed by atoms with Gasteiger partial charge in [0.25, 0.3) is 5.91 Å². The molecular formula is C21H26N2O5. The van der Waals surface area contributed by atoms with Gasteiger partial charge in [0.2, 0.25) is 5.88 Å². The van der Waals surface area contributed by atoms with Crippen molar-refractivity contribution in [3.05, 3.63) is 53.7 Å². The lowest BCUT2D eigenvalue weighted by atomic mass is 9.86. The molecule has 1 amide bonds. The minimum absolute atomic E-state index is 0.232. The first-order valence-corrected chi connectivity index (χ1v) is 9.26. The van der Waals surface area contributed by atoms with Crippen LogP contribution in [0.3, 0.4) is 0 Å². The maximum absolute atomic E-state index is 12.5. The molecule has 28 heavy (non-hydrogen) atoms. The van der Waals surface area contributed by atoms with Crippen molar-refractivity contribution in [3.8, 4) is 11.6 Å². The summed E-state index contributed by atoms with van der Waals surface area (Å²) >= 11 is 0. The molecule has 2 aromatic rings. The van der Waals surface area contributed by atoms with Gasteiger partial charge in [-0.25, -0.2) is 4.98 Å². The molecule has 0 radical (unpaired) electrons. The summed E-state index contributed by atoms with van der Waals surface area (Å²) in [5.74, 6) is 0.833. The number of nitrogens with zero attached hydrogens (tertiary/aromatic N) is 1. The van der Waals surface area contributed by atoms with Crippen molar-refractivity contribution in [1.29, 1.82) is 0 Å². The fourth-order valence-corrected chi connectivity index (χ4v) is 3.52. The molecule has 0 saturated heterocycles. The Balaban J connectivity index is 1.68. The molecule has 3 rings (SSSR count). The van der Waals surface area contributed by atoms with E-state index >= 15 is 0 Å². The van der Waals surface area contributed by atoms with Gasteiger partial charge in [-0.1, -0.05) is 12.1 Å². The quantitative estimate of drug-likeness (QED) is 0.670. The number of carbonyl (C=O) groups excluding carboxylic acids is 1. The highest BCUT2D eigenvalue weighted by molar-refractivity contribution is 5.94. The van der Waals surface area contributed by atoms with E-state index in [9.17, 15) is 15.0 Å². The van der Waals surface area contributed by atoms with Crippen LogP contribution in [-0.4, -0.2) is 53.6 Å². The number of aliphatic hydroxyl groups excluding tert-OH is 2. The average molecular weight is 386 g/mol. The van der Waals surface area contributed by atoms with E-state index in [1.165, 1.54) is 0 Å². The van der Waals surface area contributed by atoms with Crippen molar-refractivity contribution in [3.63, 3.8) is 0 Å². The van der Waals surface area contributed by atoms with E-state index in [0.717, 1.165) is 5.69 Å². The summed E-state index contributed by atoms with van der Waals surface area (Å²) in [6.07, 6.45) is -1.03. The maximum atomic E-state index is 12.5. The molecule has 7 nitrogen and oxygen atoms in total. The van der Waals surface area contributed by atoms with E-state index in [-0.39, 0.29) is 19.1 Å². The Morgan fingerprint density at radius 2 is 1.93 bits per heavy atom. The monoisotopic (exact) mass is 386 g/mol. The predicted molar refractivity (Wildman–Crippen MR) is 103 cm³/mol. The normalized spacial score (nSPS) is 24.0. The van der Waals surface area contributed by atoms with Crippen LogP contribution in [0.15, 0.2) is 42.5 Å². The molecule has 1 aromatic heterocycles. The second-order valence-corrected chi connectivity index (χ2v) is 7.36. The first-order chi connectivity index (χ1) is 13.4. The molecule has 2 unspecified atom stereocenters. The van der Waals surface area contributed by atoms with Gasteiger partial charge in [0.1, 0.15) is 5.75 Å². The van der Waals surface area contributed by atoms with Gasteiger partial charge in [0.15, 0.2) is 0 Å². The van der Waals surface area contributed by atoms with Gasteiger partial charge in [-0.2, -0.15) is 0 Å². The van der Waals surface area contributed by atoms with Gasteiger partial charge in [0, 0.05) is 29.3 Å². The number of methoxy groups -OCH3 is 1. The summed E-state index contributed by atoms with van der Waals surface area (Å²) in [6.45, 7) is 2.37. The lowest BCUT2D eigenvalue weighted by molar-refractivity contribution is 0.0438. The van der Waals surface area contributed by atoms with Crippen LogP contribution in [0.4, 0.5) is 0 Å². The third-order valence-electron chi connectivity index (χ3n) is 5.07. The van der Waals surface area contributed by atoms with Crippen LogP contribution in [0.2, 0.25) is 0 Å². The van der Waals surface area contributed by atoms with Gasteiger partial charge in [-0.05, 0) is 44.0 Å². The van der Waals surface area contributed by atoms with Gasteiger partial charge in [0.05, 0.1) is 25.9 Å². The molecule has 1 aromatic carbocycles. The van der Waals surface area contributed by atoms with Crippen LogP contribution in [0, 0.1) is 12.3 Å². The molecular weight excluding hydrogens is 360 g/mol. The number of nitrogens with one attached hydrogen (secondary N) is 1.